The van der Waals surface area contributed by atoms with Crippen LogP contribution < -0.4 is 0 Å². The molecule has 51 heavy (non-hydrogen) atoms. The number of cyclic esters (lactones) is 1. The molecule has 0 bridgehead atoms. The molecule has 15 nitrogen and oxygen atoms in total. The summed E-state index contributed by atoms with van der Waals surface area (Å²) >= 11 is 0. The van der Waals surface area contributed by atoms with Gasteiger partial charge < -0.3 is 38.6 Å². The fraction of sp³-hybridized carbons (Fsp3) is 0.886. The summed E-state index contributed by atoms with van der Waals surface area (Å²) in [4.78, 5) is 61.7. The topological polar surface area (TPSA) is 190 Å². The molecule has 3 rings (SSSR count). The molecule has 0 spiro atoms. The molecule has 0 aromatic heterocycles. The first-order valence-electron chi connectivity index (χ1n) is 17.9. The van der Waals surface area contributed by atoms with Crippen LogP contribution in [0.15, 0.2) is 5.11 Å². The summed E-state index contributed by atoms with van der Waals surface area (Å²) in [6, 6.07) is -1.31. The van der Waals surface area contributed by atoms with Crippen LogP contribution in [0.5, 0.6) is 0 Å². The molecule has 3 fully saturated rings. The van der Waals surface area contributed by atoms with E-state index in [2.05, 4.69) is 10.0 Å². The minimum atomic E-state index is -3.18. The predicted molar refractivity (Wildman–Crippen MR) is 183 cm³/mol. The van der Waals surface area contributed by atoms with Crippen molar-refractivity contribution in [3.8, 4) is 0 Å². The van der Waals surface area contributed by atoms with Crippen molar-refractivity contribution in [1.29, 1.82) is 0 Å². The van der Waals surface area contributed by atoms with Gasteiger partial charge in [-0.15, -0.1) is 0 Å². The van der Waals surface area contributed by atoms with Crippen molar-refractivity contribution >= 4 is 23.6 Å². The van der Waals surface area contributed by atoms with Crippen molar-refractivity contribution in [3.05, 3.63) is 10.4 Å². The molecule has 16 heteroatoms. The van der Waals surface area contributed by atoms with Crippen LogP contribution in [0, 0.1) is 17.8 Å². The van der Waals surface area contributed by atoms with Gasteiger partial charge in [-0.25, -0.2) is 14.0 Å². The Hall–Kier alpha value is -2.88. The van der Waals surface area contributed by atoms with Crippen molar-refractivity contribution in [2.45, 2.75) is 147 Å². The summed E-state index contributed by atoms with van der Waals surface area (Å²) in [5.74, 6) is -5.88. The number of carbonyl (C=O) groups is 4. The fourth-order valence-electron chi connectivity index (χ4n) is 8.22. The number of alkyl halides is 1. The van der Waals surface area contributed by atoms with Crippen molar-refractivity contribution in [1.82, 2.24) is 9.80 Å². The molecule has 0 aliphatic carbocycles. The number of amides is 1. The summed E-state index contributed by atoms with van der Waals surface area (Å²) < 4.78 is 46.8. The minimum Gasteiger partial charge on any atom is -0.455 e. The first kappa shape index (κ1) is 42.5. The fourth-order valence-corrected chi connectivity index (χ4v) is 8.22. The van der Waals surface area contributed by atoms with Gasteiger partial charge in [0.25, 0.3) is 5.67 Å². The standard InChI is InChI=1S/C35H58FN5O10/c1-12-24-35(8)27(41(32(46)51-35)16-14-13-15-38-39-37)21(4)25(42)19(2)18-33(6,47-11)29(22(5)28(44)34(7,36)31(45)49-24)50-30-26(43)23(40(9)10)17-20(3)48-30/h19-24,26-27,29-30,43H,12-18H2,1-11H3/t19-,20?,21+,22+,23?,24-,26?,27-,29-,30?,33+,34?,35-/m1/s1. The van der Waals surface area contributed by atoms with Gasteiger partial charge in [-0.05, 0) is 79.4 Å². The number of ether oxygens (including phenoxy) is 5. The molecular formula is C35H58FN5O10. The molecule has 0 radical (unpaired) electrons. The van der Waals surface area contributed by atoms with Gasteiger partial charge in [0.15, 0.2) is 17.7 Å². The van der Waals surface area contributed by atoms with Crippen molar-refractivity contribution < 1.29 is 52.4 Å². The summed E-state index contributed by atoms with van der Waals surface area (Å²) in [5, 5.41) is 14.9. The average Bonchev–Trinajstić information content (AvgIpc) is 3.33. The molecule has 5 unspecified atom stereocenters. The number of aliphatic hydroxyl groups is 1. The zero-order valence-corrected chi connectivity index (χ0v) is 32.0. The lowest BCUT2D eigenvalue weighted by Gasteiger charge is -2.47. The summed E-state index contributed by atoms with van der Waals surface area (Å²) in [7, 11) is 5.01. The third-order valence-corrected chi connectivity index (χ3v) is 11.2. The zero-order valence-electron chi connectivity index (χ0n) is 32.0. The number of Topliss-reactive ketones (excluding diaryl/α,β-unsaturated/α-hetero) is 2. The monoisotopic (exact) mass is 727 g/mol. The molecule has 0 aromatic carbocycles. The number of rotatable bonds is 10. The van der Waals surface area contributed by atoms with E-state index in [-0.39, 0.29) is 43.9 Å². The highest BCUT2D eigenvalue weighted by Gasteiger charge is 2.61. The van der Waals surface area contributed by atoms with E-state index in [0.717, 1.165) is 6.92 Å². The molecule has 1 N–H and O–H groups in total. The van der Waals surface area contributed by atoms with Crippen LogP contribution >= 0.6 is 0 Å². The van der Waals surface area contributed by atoms with E-state index in [4.69, 9.17) is 29.2 Å². The number of hydrogen-bond acceptors (Lipinski definition) is 12. The number of esters is 1. The smallest absolute Gasteiger partial charge is 0.410 e. The van der Waals surface area contributed by atoms with Crippen LogP contribution in [0.4, 0.5) is 9.18 Å². The number of carbonyl (C=O) groups excluding carboxylic acids is 4. The number of aliphatic hydroxyl groups excluding tert-OH is 1. The number of nitrogens with zero attached hydrogens (tertiary/aromatic N) is 5. The quantitative estimate of drug-likeness (QED) is 0.0840. The number of ketones is 2. The van der Waals surface area contributed by atoms with Crippen LogP contribution in [0.2, 0.25) is 0 Å². The van der Waals surface area contributed by atoms with E-state index < -0.39 is 83.1 Å². The van der Waals surface area contributed by atoms with Gasteiger partial charge in [0.05, 0.1) is 23.9 Å². The van der Waals surface area contributed by atoms with E-state index in [9.17, 15) is 24.3 Å². The third-order valence-electron chi connectivity index (χ3n) is 11.2. The van der Waals surface area contributed by atoms with Gasteiger partial charge in [-0.3, -0.25) is 9.59 Å². The minimum absolute atomic E-state index is 0.0144. The van der Waals surface area contributed by atoms with Gasteiger partial charge in [0, 0.05) is 48.9 Å². The number of fused-ring (bicyclic) bond motifs is 1. The Kier molecular flexibility index (Phi) is 14.1. The Morgan fingerprint density at radius 1 is 1.10 bits per heavy atom. The molecule has 3 aliphatic rings. The number of azide groups is 1. The number of likely N-dealkylation sites (N-methyl/N-ethyl adjacent to an activating group) is 1. The number of methoxy groups -OCH3 is 1. The Balaban J connectivity index is 2.15. The predicted octanol–water partition coefficient (Wildman–Crippen LogP) is 4.37. The maximum absolute atomic E-state index is 16.7. The molecule has 290 valence electrons. The molecule has 3 saturated heterocycles. The SMILES string of the molecule is CC[C@H]1OC(=O)C(C)(F)C(=O)[C@H](C)[C@@H](OC2OC(C)CC(N(C)C)C2O)[C@@](C)(OC)C[C@@H](C)C(=O)[C@H](C)[C@H]2N(CCCCN=[N+]=[N-])C(=O)O[C@]12C. The Labute approximate surface area is 300 Å². The van der Waals surface area contributed by atoms with E-state index >= 15 is 4.39 Å². The second-order valence-corrected chi connectivity index (χ2v) is 15.3. The summed E-state index contributed by atoms with van der Waals surface area (Å²) in [5.41, 5.74) is 2.42. The third kappa shape index (κ3) is 8.68. The van der Waals surface area contributed by atoms with E-state index in [1.54, 1.807) is 34.6 Å². The first-order chi connectivity index (χ1) is 23.7. The van der Waals surface area contributed by atoms with Crippen LogP contribution in [0.3, 0.4) is 0 Å². The Morgan fingerprint density at radius 3 is 2.31 bits per heavy atom. The van der Waals surface area contributed by atoms with Gasteiger partial charge in [-0.1, -0.05) is 32.8 Å². The second-order valence-electron chi connectivity index (χ2n) is 15.3. The maximum Gasteiger partial charge on any atom is 0.410 e. The van der Waals surface area contributed by atoms with Gasteiger partial charge in [0.1, 0.15) is 18.0 Å². The summed E-state index contributed by atoms with van der Waals surface area (Å²) in [6.45, 7) is 12.7. The van der Waals surface area contributed by atoms with Gasteiger partial charge in [-0.2, -0.15) is 0 Å². The lowest BCUT2D eigenvalue weighted by Crippen LogP contribution is -2.61. The molecule has 0 saturated carbocycles. The van der Waals surface area contributed by atoms with E-state index in [0.29, 0.717) is 19.3 Å². The highest BCUT2D eigenvalue weighted by atomic mass is 19.1. The van der Waals surface area contributed by atoms with E-state index in [1.807, 2.05) is 25.9 Å². The first-order valence-corrected chi connectivity index (χ1v) is 17.9. The average molecular weight is 728 g/mol. The second kappa shape index (κ2) is 16.9. The normalized spacial score (nSPS) is 41.4. The maximum atomic E-state index is 16.7. The highest BCUT2D eigenvalue weighted by molar-refractivity contribution is 6.08. The van der Waals surface area contributed by atoms with E-state index in [1.165, 1.54) is 18.9 Å². The molecular weight excluding hydrogens is 669 g/mol. The zero-order chi connectivity index (χ0) is 38.6. The molecule has 3 aliphatic heterocycles. The van der Waals surface area contributed by atoms with Crippen molar-refractivity contribution in [2.75, 3.05) is 34.3 Å². The molecule has 0 aromatic rings. The van der Waals surface area contributed by atoms with Gasteiger partial charge in [0.2, 0.25) is 0 Å². The molecule has 1 amide bonds. The van der Waals surface area contributed by atoms with Crippen LogP contribution in [-0.2, 0) is 38.1 Å². The molecule has 3 heterocycles. The lowest BCUT2D eigenvalue weighted by molar-refractivity contribution is -0.295. The lowest BCUT2D eigenvalue weighted by atomic mass is 9.73. The van der Waals surface area contributed by atoms with Crippen LogP contribution in [0.1, 0.15) is 87.5 Å². The van der Waals surface area contributed by atoms with Gasteiger partial charge >= 0.3 is 12.1 Å². The highest BCUT2D eigenvalue weighted by Crippen LogP contribution is 2.43. The van der Waals surface area contributed by atoms with Crippen molar-refractivity contribution in [2.24, 2.45) is 22.9 Å². The largest absolute Gasteiger partial charge is 0.455 e. The van der Waals surface area contributed by atoms with Crippen LogP contribution in [0.25, 0.3) is 10.4 Å². The Morgan fingerprint density at radius 2 is 1.75 bits per heavy atom. The molecule has 13 atom stereocenters. The number of hydrogen-bond donors (Lipinski definition) is 1. The Bertz CT molecular complexity index is 1330. The van der Waals surface area contributed by atoms with Crippen LogP contribution in [-0.4, -0.2) is 132 Å². The van der Waals surface area contributed by atoms with Crippen molar-refractivity contribution in [3.63, 3.8) is 0 Å². The summed E-state index contributed by atoms with van der Waals surface area (Å²) in [6.07, 6.45) is -4.59. The number of halogens is 1. The number of unbranched alkanes of at least 4 members (excludes halogenated alkanes) is 1.